The molecule has 0 bridgehead atoms. The number of nitrogens with zero attached hydrogens (tertiary/aromatic N) is 3. The highest BCUT2D eigenvalue weighted by molar-refractivity contribution is 7.92. The molecule has 1 atom stereocenters. The van der Waals surface area contributed by atoms with Crippen LogP contribution in [0.3, 0.4) is 0 Å². The zero-order valence-corrected chi connectivity index (χ0v) is 23.1. The van der Waals surface area contributed by atoms with E-state index >= 15 is 0 Å². The summed E-state index contributed by atoms with van der Waals surface area (Å²) in [7, 11) is -3.51. The molecule has 0 aliphatic carbocycles. The monoisotopic (exact) mass is 517 g/mol. The van der Waals surface area contributed by atoms with Crippen molar-refractivity contribution in [2.24, 2.45) is 5.92 Å². The Balaban J connectivity index is 2.00. The fourth-order valence-corrected chi connectivity index (χ4v) is 5.57. The minimum absolute atomic E-state index is 0.0927. The van der Waals surface area contributed by atoms with Crippen LogP contribution < -0.4 is 15.5 Å². The van der Waals surface area contributed by atoms with Crippen molar-refractivity contribution in [3.05, 3.63) is 36.0 Å². The third kappa shape index (κ3) is 6.15. The van der Waals surface area contributed by atoms with Gasteiger partial charge in [0.1, 0.15) is 10.6 Å². The van der Waals surface area contributed by atoms with E-state index in [1.165, 1.54) is 0 Å². The second-order valence-corrected chi connectivity index (χ2v) is 13.5. The minimum Gasteiger partial charge on any atom is -0.377 e. The van der Waals surface area contributed by atoms with Crippen molar-refractivity contribution in [1.29, 1.82) is 0 Å². The molecule has 10 heteroatoms. The maximum absolute atomic E-state index is 13.3. The first kappa shape index (κ1) is 27.9. The van der Waals surface area contributed by atoms with Crippen LogP contribution in [0.2, 0.25) is 0 Å². The van der Waals surface area contributed by atoms with E-state index in [9.17, 15) is 13.2 Å². The van der Waals surface area contributed by atoms with Crippen molar-refractivity contribution in [1.82, 2.24) is 15.3 Å². The number of benzene rings is 1. The normalized spacial score (nSPS) is 16.9. The van der Waals surface area contributed by atoms with Crippen LogP contribution in [0.4, 0.5) is 16.3 Å². The average Bonchev–Trinajstić information content (AvgIpc) is 2.83. The molecule has 0 saturated carbocycles. The summed E-state index contributed by atoms with van der Waals surface area (Å²) in [4.78, 5) is 23.8. The molecule has 1 saturated heterocycles. The predicted octanol–water partition coefficient (Wildman–Crippen LogP) is 4.20. The maximum atomic E-state index is 13.3. The molecule has 0 radical (unpaired) electrons. The third-order valence-corrected chi connectivity index (χ3v) is 9.27. The highest BCUT2D eigenvalue weighted by Crippen LogP contribution is 2.35. The molecule has 1 aliphatic heterocycles. The number of aromatic nitrogens is 2. The van der Waals surface area contributed by atoms with Crippen LogP contribution in [0.1, 0.15) is 54.2 Å². The molecule has 0 spiro atoms. The highest BCUT2D eigenvalue weighted by atomic mass is 32.2. The zero-order chi connectivity index (χ0) is 26.7. The molecule has 36 heavy (non-hydrogen) atoms. The highest BCUT2D eigenvalue weighted by Gasteiger charge is 2.40. The maximum Gasteiger partial charge on any atom is 0.319 e. The van der Waals surface area contributed by atoms with Crippen molar-refractivity contribution in [3.8, 4) is 11.4 Å². The first-order valence-electron chi connectivity index (χ1n) is 12.5. The number of nitrogens with one attached hydrogen (secondary N) is 2. The summed E-state index contributed by atoms with van der Waals surface area (Å²) in [6.07, 6.45) is 0. The molecule has 2 heterocycles. The van der Waals surface area contributed by atoms with E-state index in [4.69, 9.17) is 14.7 Å². The van der Waals surface area contributed by atoms with Gasteiger partial charge in [0.05, 0.1) is 30.2 Å². The molecule has 3 rings (SSSR count). The Kier molecular flexibility index (Phi) is 8.61. The molecule has 0 unspecified atom stereocenters. The van der Waals surface area contributed by atoms with Gasteiger partial charge in [0, 0.05) is 30.4 Å². The Bertz CT molecular complexity index is 1160. The van der Waals surface area contributed by atoms with Gasteiger partial charge in [0.15, 0.2) is 15.7 Å². The van der Waals surface area contributed by atoms with Crippen LogP contribution in [-0.2, 0) is 19.3 Å². The summed E-state index contributed by atoms with van der Waals surface area (Å²) < 4.78 is 30.9. The van der Waals surface area contributed by atoms with E-state index in [0.29, 0.717) is 55.2 Å². The Morgan fingerprint density at radius 3 is 2.42 bits per heavy atom. The minimum atomic E-state index is -3.51. The fraction of sp³-hybridized carbons (Fsp3) is 0.577. The smallest absolute Gasteiger partial charge is 0.319 e. The van der Waals surface area contributed by atoms with Crippen LogP contribution in [0, 0.1) is 5.92 Å². The second-order valence-electron chi connectivity index (χ2n) is 10.5. The Morgan fingerprint density at radius 2 is 1.83 bits per heavy atom. The van der Waals surface area contributed by atoms with Gasteiger partial charge in [-0.2, -0.15) is 0 Å². The number of sulfone groups is 1. The van der Waals surface area contributed by atoms with Gasteiger partial charge >= 0.3 is 6.03 Å². The number of ether oxygens (including phenoxy) is 1. The van der Waals surface area contributed by atoms with Crippen molar-refractivity contribution in [2.45, 2.75) is 64.5 Å². The van der Waals surface area contributed by atoms with Crippen LogP contribution >= 0.6 is 0 Å². The molecule has 2 N–H and O–H groups in total. The van der Waals surface area contributed by atoms with E-state index in [1.807, 2.05) is 26.0 Å². The van der Waals surface area contributed by atoms with Gasteiger partial charge in [0.25, 0.3) is 0 Å². The first-order valence-corrected chi connectivity index (χ1v) is 14.0. The number of morpholine rings is 1. The predicted molar refractivity (Wildman–Crippen MR) is 144 cm³/mol. The van der Waals surface area contributed by atoms with Gasteiger partial charge < -0.3 is 20.3 Å². The summed E-state index contributed by atoms with van der Waals surface area (Å²) in [5, 5.41) is 5.09. The summed E-state index contributed by atoms with van der Waals surface area (Å²) in [5.74, 6) is 1.46. The van der Waals surface area contributed by atoms with Crippen molar-refractivity contribution in [2.75, 3.05) is 36.5 Å². The van der Waals surface area contributed by atoms with Crippen molar-refractivity contribution >= 4 is 27.4 Å². The number of hydrogen-bond acceptors (Lipinski definition) is 7. The van der Waals surface area contributed by atoms with E-state index < -0.39 is 19.8 Å². The van der Waals surface area contributed by atoms with Crippen LogP contribution in [0.5, 0.6) is 0 Å². The molecule has 2 aromatic rings. The van der Waals surface area contributed by atoms with Gasteiger partial charge in [0.2, 0.25) is 0 Å². The molecule has 1 fully saturated rings. The zero-order valence-electron chi connectivity index (χ0n) is 22.3. The number of amides is 2. The molecule has 1 aromatic heterocycles. The average molecular weight is 518 g/mol. The molecule has 1 aliphatic rings. The number of carbonyl (C=O) groups excluding carboxylic acids is 1. The van der Waals surface area contributed by atoms with Gasteiger partial charge in [-0.3, -0.25) is 0 Å². The van der Waals surface area contributed by atoms with Gasteiger partial charge in [-0.05, 0) is 64.8 Å². The summed E-state index contributed by atoms with van der Waals surface area (Å²) in [6, 6.07) is 8.84. The summed E-state index contributed by atoms with van der Waals surface area (Å²) >= 11 is 0. The lowest BCUT2D eigenvalue weighted by atomic mass is 10.1. The number of carbonyl (C=O) groups is 1. The summed E-state index contributed by atoms with van der Waals surface area (Å²) in [5.41, 5.74) is 1.82. The Hall–Kier alpha value is -2.72. The lowest BCUT2D eigenvalue weighted by molar-refractivity contribution is 0.0985. The van der Waals surface area contributed by atoms with Gasteiger partial charge in [-0.25, -0.2) is 23.2 Å². The fourth-order valence-electron chi connectivity index (χ4n) is 4.00. The van der Waals surface area contributed by atoms with Gasteiger partial charge in [-0.15, -0.1) is 0 Å². The first-order chi connectivity index (χ1) is 16.8. The molecular weight excluding hydrogens is 478 g/mol. The number of urea groups is 1. The Morgan fingerprint density at radius 1 is 1.17 bits per heavy atom. The van der Waals surface area contributed by atoms with Crippen LogP contribution in [-0.4, -0.2) is 62.0 Å². The standard InChI is InChI=1S/C26H39N5O4S/c1-17(2)15-27-25(32)28-21-10-8-20(9-11-21)24-29-22(26(6,7)36(33,34)18(3)4)14-23(30-24)31-12-13-35-16-19(31)5/h8-11,14,17-19H,12-13,15-16H2,1-7H3,(H2,27,28,32)/t19-/m0/s1. The lowest BCUT2D eigenvalue weighted by Gasteiger charge is -2.35. The van der Waals surface area contributed by atoms with Crippen molar-refractivity contribution in [3.63, 3.8) is 0 Å². The van der Waals surface area contributed by atoms with Crippen molar-refractivity contribution < 1.29 is 17.9 Å². The quantitative estimate of drug-likeness (QED) is 0.539. The Labute approximate surface area is 215 Å². The largest absolute Gasteiger partial charge is 0.377 e. The molecule has 9 nitrogen and oxygen atoms in total. The van der Waals surface area contributed by atoms with Crippen LogP contribution in [0.15, 0.2) is 30.3 Å². The second kappa shape index (κ2) is 11.1. The SMILES string of the molecule is CC(C)CNC(=O)Nc1ccc(-c2nc(N3CCOC[C@@H]3C)cc(C(C)(C)S(=O)(=O)C(C)C)n2)cc1. The van der Waals surface area contributed by atoms with E-state index in [1.54, 1.807) is 45.9 Å². The van der Waals surface area contributed by atoms with E-state index in [-0.39, 0.29) is 12.1 Å². The topological polar surface area (TPSA) is 114 Å². The number of rotatable bonds is 8. The van der Waals surface area contributed by atoms with Crippen LogP contribution in [0.25, 0.3) is 11.4 Å². The van der Waals surface area contributed by atoms with E-state index in [0.717, 1.165) is 5.56 Å². The lowest BCUT2D eigenvalue weighted by Crippen LogP contribution is -2.44. The molecule has 1 aromatic carbocycles. The molecular formula is C26H39N5O4S. The summed E-state index contributed by atoms with van der Waals surface area (Å²) in [6.45, 7) is 15.3. The number of anilines is 2. The third-order valence-electron chi connectivity index (χ3n) is 6.40. The molecule has 198 valence electrons. The molecule has 2 amide bonds. The van der Waals surface area contributed by atoms with E-state index in [2.05, 4.69) is 22.5 Å². The van der Waals surface area contributed by atoms with Gasteiger partial charge in [-0.1, -0.05) is 13.8 Å². The number of hydrogen-bond donors (Lipinski definition) is 2.